The summed E-state index contributed by atoms with van der Waals surface area (Å²) in [5.41, 5.74) is 3.32. The molecule has 0 spiro atoms. The van der Waals surface area contributed by atoms with Gasteiger partial charge in [0.25, 0.3) is 5.91 Å². The molecule has 28 heavy (non-hydrogen) atoms. The van der Waals surface area contributed by atoms with E-state index in [1.807, 2.05) is 61.5 Å². The normalized spacial score (nSPS) is 11.7. The molecular weight excluding hydrogens is 356 g/mol. The molecular formula is C22H22N2O4. The van der Waals surface area contributed by atoms with Gasteiger partial charge in [-0.15, -0.1) is 0 Å². The van der Waals surface area contributed by atoms with Gasteiger partial charge in [0.15, 0.2) is 6.10 Å². The van der Waals surface area contributed by atoms with Crippen molar-refractivity contribution in [2.45, 2.75) is 33.3 Å². The lowest BCUT2D eigenvalue weighted by molar-refractivity contribution is -0.123. The first-order valence-electron chi connectivity index (χ1n) is 9.12. The van der Waals surface area contributed by atoms with E-state index in [1.165, 1.54) is 6.92 Å². The predicted molar refractivity (Wildman–Crippen MR) is 106 cm³/mol. The minimum Gasteiger partial charge on any atom is -0.449 e. The Hall–Kier alpha value is -3.41. The van der Waals surface area contributed by atoms with E-state index in [0.717, 1.165) is 11.1 Å². The van der Waals surface area contributed by atoms with Crippen LogP contribution in [0, 0.1) is 6.92 Å². The van der Waals surface area contributed by atoms with Crippen LogP contribution in [0.15, 0.2) is 59.1 Å². The number of nitrogens with zero attached hydrogens (tertiary/aromatic N) is 1. The highest BCUT2D eigenvalue weighted by atomic mass is 16.5. The number of esters is 1. The van der Waals surface area contributed by atoms with E-state index in [9.17, 15) is 9.59 Å². The van der Waals surface area contributed by atoms with E-state index < -0.39 is 18.0 Å². The van der Waals surface area contributed by atoms with Crippen molar-refractivity contribution >= 4 is 17.6 Å². The van der Waals surface area contributed by atoms with Gasteiger partial charge in [0.2, 0.25) is 0 Å². The second kappa shape index (κ2) is 8.52. The van der Waals surface area contributed by atoms with E-state index in [0.29, 0.717) is 23.6 Å². The Morgan fingerprint density at radius 2 is 1.79 bits per heavy atom. The number of benzene rings is 2. The number of amides is 1. The van der Waals surface area contributed by atoms with Crippen molar-refractivity contribution in [1.82, 2.24) is 5.16 Å². The van der Waals surface area contributed by atoms with Gasteiger partial charge in [0, 0.05) is 11.3 Å². The first-order chi connectivity index (χ1) is 13.5. The van der Waals surface area contributed by atoms with Crippen LogP contribution in [0.5, 0.6) is 0 Å². The fourth-order valence-corrected chi connectivity index (χ4v) is 2.89. The largest absolute Gasteiger partial charge is 0.449 e. The average molecular weight is 378 g/mol. The number of aryl methyl sites for hydroxylation is 2. The molecule has 0 unspecified atom stereocenters. The highest BCUT2D eigenvalue weighted by Crippen LogP contribution is 2.27. The van der Waals surface area contributed by atoms with Crippen molar-refractivity contribution in [1.29, 1.82) is 0 Å². The molecule has 3 rings (SSSR count). The Bertz CT molecular complexity index is 979. The van der Waals surface area contributed by atoms with Crippen molar-refractivity contribution in [2.24, 2.45) is 0 Å². The number of hydrogen-bond donors (Lipinski definition) is 1. The third-order valence-electron chi connectivity index (χ3n) is 4.40. The van der Waals surface area contributed by atoms with Crippen LogP contribution >= 0.6 is 0 Å². The van der Waals surface area contributed by atoms with E-state index in [-0.39, 0.29) is 5.56 Å². The Morgan fingerprint density at radius 3 is 2.50 bits per heavy atom. The zero-order valence-corrected chi connectivity index (χ0v) is 16.1. The predicted octanol–water partition coefficient (Wildman–Crippen LogP) is 4.40. The van der Waals surface area contributed by atoms with Gasteiger partial charge in [0.05, 0.1) is 5.69 Å². The van der Waals surface area contributed by atoms with Crippen LogP contribution in [0.25, 0.3) is 11.1 Å². The number of hydrogen-bond acceptors (Lipinski definition) is 5. The number of nitrogens with one attached hydrogen (secondary N) is 1. The molecule has 1 atom stereocenters. The lowest BCUT2D eigenvalue weighted by Crippen LogP contribution is -2.30. The Labute approximate surface area is 163 Å². The van der Waals surface area contributed by atoms with Crippen LogP contribution in [0.1, 0.15) is 35.7 Å². The second-order valence-corrected chi connectivity index (χ2v) is 6.36. The molecule has 0 saturated carbocycles. The van der Waals surface area contributed by atoms with Crippen LogP contribution in [0.3, 0.4) is 0 Å². The summed E-state index contributed by atoms with van der Waals surface area (Å²) in [7, 11) is 0. The van der Waals surface area contributed by atoms with Crippen LogP contribution < -0.4 is 5.32 Å². The lowest BCUT2D eigenvalue weighted by atomic mass is 10.0. The Morgan fingerprint density at radius 1 is 1.11 bits per heavy atom. The summed E-state index contributed by atoms with van der Waals surface area (Å²) >= 11 is 0. The van der Waals surface area contributed by atoms with Gasteiger partial charge in [-0.25, -0.2) is 4.79 Å². The molecule has 0 aliphatic rings. The molecule has 1 heterocycles. The maximum Gasteiger partial charge on any atom is 0.344 e. The van der Waals surface area contributed by atoms with Crippen LogP contribution in [0.2, 0.25) is 0 Å². The van der Waals surface area contributed by atoms with Crippen molar-refractivity contribution in [2.75, 3.05) is 5.32 Å². The first kappa shape index (κ1) is 19.4. The standard InChI is InChI=1S/C22H22N2O4/c1-4-18-20(14(2)28-24-18)22(26)27-15(3)21(25)23-19-13-9-8-12-17(19)16-10-6-5-7-11-16/h5-13,15H,4H2,1-3H3,(H,23,25)/t15-/m0/s1. The topological polar surface area (TPSA) is 81.4 Å². The number of ether oxygens (including phenoxy) is 1. The van der Waals surface area contributed by atoms with Gasteiger partial charge in [-0.05, 0) is 31.9 Å². The lowest BCUT2D eigenvalue weighted by Gasteiger charge is -2.16. The highest BCUT2D eigenvalue weighted by molar-refractivity contribution is 6.00. The number of para-hydroxylation sites is 1. The average Bonchev–Trinajstić information content (AvgIpc) is 3.09. The summed E-state index contributed by atoms with van der Waals surface area (Å²) in [5, 5.41) is 6.69. The molecule has 3 aromatic rings. The molecule has 0 aliphatic carbocycles. The molecule has 6 nitrogen and oxygen atoms in total. The van der Waals surface area contributed by atoms with Gasteiger partial charge >= 0.3 is 5.97 Å². The van der Waals surface area contributed by atoms with E-state index >= 15 is 0 Å². The van der Waals surface area contributed by atoms with Crippen molar-refractivity contribution in [3.8, 4) is 11.1 Å². The maximum atomic E-state index is 12.6. The van der Waals surface area contributed by atoms with Crippen LogP contribution in [0.4, 0.5) is 5.69 Å². The molecule has 6 heteroatoms. The molecule has 0 saturated heterocycles. The third-order valence-corrected chi connectivity index (χ3v) is 4.40. The number of rotatable bonds is 6. The molecule has 0 bridgehead atoms. The number of aromatic nitrogens is 1. The number of carbonyl (C=O) groups excluding carboxylic acids is 2. The summed E-state index contributed by atoms with van der Waals surface area (Å²) in [6, 6.07) is 17.2. The van der Waals surface area contributed by atoms with Crippen molar-refractivity contribution in [3.05, 3.63) is 71.6 Å². The Balaban J connectivity index is 1.73. The molecule has 0 aliphatic heterocycles. The van der Waals surface area contributed by atoms with Gasteiger partial charge in [-0.2, -0.15) is 0 Å². The quantitative estimate of drug-likeness (QED) is 0.643. The maximum absolute atomic E-state index is 12.6. The number of anilines is 1. The molecule has 2 aromatic carbocycles. The molecule has 1 aromatic heterocycles. The SMILES string of the molecule is CCc1noc(C)c1C(=O)O[C@@H](C)C(=O)Nc1ccccc1-c1ccccc1. The Kier molecular flexibility index (Phi) is 5.89. The van der Waals surface area contributed by atoms with E-state index in [1.54, 1.807) is 6.92 Å². The molecule has 1 N–H and O–H groups in total. The highest BCUT2D eigenvalue weighted by Gasteiger charge is 2.25. The van der Waals surface area contributed by atoms with E-state index in [4.69, 9.17) is 9.26 Å². The van der Waals surface area contributed by atoms with Gasteiger partial charge in [0.1, 0.15) is 11.3 Å². The molecule has 0 radical (unpaired) electrons. The summed E-state index contributed by atoms with van der Waals surface area (Å²) in [5.74, 6) is -0.651. The van der Waals surface area contributed by atoms with Crippen LogP contribution in [-0.4, -0.2) is 23.1 Å². The van der Waals surface area contributed by atoms with Crippen molar-refractivity contribution in [3.63, 3.8) is 0 Å². The first-order valence-corrected chi connectivity index (χ1v) is 9.12. The second-order valence-electron chi connectivity index (χ2n) is 6.36. The third kappa shape index (κ3) is 4.11. The van der Waals surface area contributed by atoms with Crippen LogP contribution in [-0.2, 0) is 16.0 Å². The summed E-state index contributed by atoms with van der Waals surface area (Å²) < 4.78 is 10.4. The summed E-state index contributed by atoms with van der Waals surface area (Å²) in [6.45, 7) is 5.04. The minimum absolute atomic E-state index is 0.284. The van der Waals surface area contributed by atoms with Crippen molar-refractivity contribution < 1.29 is 18.8 Å². The fourth-order valence-electron chi connectivity index (χ4n) is 2.89. The monoisotopic (exact) mass is 378 g/mol. The molecule has 144 valence electrons. The fraction of sp³-hybridized carbons (Fsp3) is 0.227. The molecule has 0 fully saturated rings. The van der Waals surface area contributed by atoms with Gasteiger partial charge < -0.3 is 14.6 Å². The van der Waals surface area contributed by atoms with Gasteiger partial charge in [-0.1, -0.05) is 60.6 Å². The smallest absolute Gasteiger partial charge is 0.344 e. The summed E-state index contributed by atoms with van der Waals surface area (Å²) in [6.07, 6.45) is -0.442. The molecule has 1 amide bonds. The minimum atomic E-state index is -0.977. The zero-order valence-electron chi connectivity index (χ0n) is 16.1. The van der Waals surface area contributed by atoms with E-state index in [2.05, 4.69) is 10.5 Å². The summed E-state index contributed by atoms with van der Waals surface area (Å²) in [4.78, 5) is 25.1. The number of carbonyl (C=O) groups is 2. The zero-order chi connectivity index (χ0) is 20.1. The van der Waals surface area contributed by atoms with Gasteiger partial charge in [-0.3, -0.25) is 4.79 Å².